The van der Waals surface area contributed by atoms with Crippen molar-refractivity contribution in [3.8, 4) is 11.1 Å². The van der Waals surface area contributed by atoms with Crippen molar-refractivity contribution in [3.05, 3.63) is 49.1 Å². The summed E-state index contributed by atoms with van der Waals surface area (Å²) in [5.74, 6) is 0. The van der Waals surface area contributed by atoms with E-state index in [2.05, 4.69) is 34.8 Å². The molecule has 12 heavy (non-hydrogen) atoms. The van der Waals surface area contributed by atoms with Crippen LogP contribution in [0.5, 0.6) is 0 Å². The Balaban J connectivity index is 2.46. The Morgan fingerprint density at radius 3 is 1.33 bits per heavy atom. The molecule has 0 aliphatic heterocycles. The van der Waals surface area contributed by atoms with E-state index >= 15 is 0 Å². The largest absolute Gasteiger partial charge is 0.244 e. The molecule has 2 aromatic heterocycles. The molecule has 0 spiro atoms. The normalized spacial score (nSPS) is 9.67. The summed E-state index contributed by atoms with van der Waals surface area (Å²) in [4.78, 5) is 7.37. The standard InChI is InChI=1S/C10H4N2/c1-5-11-6-2-9(1)10-3-7-12-8-4-10/h1-4H. The van der Waals surface area contributed by atoms with Crippen LogP contribution in [-0.4, -0.2) is 9.97 Å². The van der Waals surface area contributed by atoms with Crippen molar-refractivity contribution in [2.24, 2.45) is 0 Å². The molecule has 0 saturated carbocycles. The SMILES string of the molecule is [c]1cc(-c2c[c]n[c]c2)c[c]n1. The van der Waals surface area contributed by atoms with Crippen LogP contribution < -0.4 is 0 Å². The summed E-state index contributed by atoms with van der Waals surface area (Å²) in [7, 11) is 0. The fourth-order valence-corrected chi connectivity index (χ4v) is 0.898. The van der Waals surface area contributed by atoms with Crippen molar-refractivity contribution in [3.63, 3.8) is 0 Å². The predicted octanol–water partition coefficient (Wildman–Crippen LogP) is 1.34. The van der Waals surface area contributed by atoms with E-state index in [1.807, 2.05) is 0 Å². The minimum Gasteiger partial charge on any atom is -0.244 e. The fourth-order valence-electron chi connectivity index (χ4n) is 0.898. The first kappa shape index (κ1) is 6.98. The maximum Gasteiger partial charge on any atom is 0.0901 e. The molecule has 0 N–H and O–H groups in total. The van der Waals surface area contributed by atoms with Gasteiger partial charge in [0.05, 0.1) is 24.8 Å². The molecule has 54 valence electrons. The van der Waals surface area contributed by atoms with Gasteiger partial charge in [0, 0.05) is 0 Å². The van der Waals surface area contributed by atoms with Gasteiger partial charge in [-0.05, 0) is 35.4 Å². The van der Waals surface area contributed by atoms with Crippen LogP contribution in [0.25, 0.3) is 11.1 Å². The van der Waals surface area contributed by atoms with Crippen LogP contribution in [-0.2, 0) is 0 Å². The first-order valence-electron chi connectivity index (χ1n) is 3.45. The molecular formula is C10H4N2. The van der Waals surface area contributed by atoms with Gasteiger partial charge >= 0.3 is 0 Å². The second kappa shape index (κ2) is 3.13. The Morgan fingerprint density at radius 1 is 0.667 bits per heavy atom. The topological polar surface area (TPSA) is 25.8 Å². The maximum absolute atomic E-state index is 3.68. The summed E-state index contributed by atoms with van der Waals surface area (Å²) in [6.45, 7) is 0. The molecule has 0 atom stereocenters. The van der Waals surface area contributed by atoms with Gasteiger partial charge in [0.1, 0.15) is 0 Å². The highest BCUT2D eigenvalue weighted by molar-refractivity contribution is 5.61. The average molecular weight is 152 g/mol. The van der Waals surface area contributed by atoms with Crippen LogP contribution in [0.15, 0.2) is 24.3 Å². The lowest BCUT2D eigenvalue weighted by Crippen LogP contribution is -1.79. The summed E-state index contributed by atoms with van der Waals surface area (Å²) >= 11 is 0. The number of hydrogen-bond donors (Lipinski definition) is 0. The van der Waals surface area contributed by atoms with Crippen LogP contribution >= 0.6 is 0 Å². The molecule has 0 aromatic carbocycles. The highest BCUT2D eigenvalue weighted by Crippen LogP contribution is 2.14. The second-order valence-corrected chi connectivity index (χ2v) is 2.23. The molecular weight excluding hydrogens is 148 g/mol. The third kappa shape index (κ3) is 1.32. The van der Waals surface area contributed by atoms with Crippen molar-refractivity contribution in [2.45, 2.75) is 0 Å². The van der Waals surface area contributed by atoms with Crippen molar-refractivity contribution in [1.82, 2.24) is 9.97 Å². The first-order valence-corrected chi connectivity index (χ1v) is 3.45. The van der Waals surface area contributed by atoms with Crippen LogP contribution in [0, 0.1) is 24.8 Å². The smallest absolute Gasteiger partial charge is 0.0901 e. The monoisotopic (exact) mass is 152 g/mol. The zero-order valence-corrected chi connectivity index (χ0v) is 6.20. The molecule has 0 saturated heterocycles. The number of rotatable bonds is 1. The second-order valence-electron chi connectivity index (χ2n) is 2.23. The van der Waals surface area contributed by atoms with Gasteiger partial charge in [0.15, 0.2) is 0 Å². The zero-order chi connectivity index (χ0) is 8.23. The van der Waals surface area contributed by atoms with Crippen molar-refractivity contribution < 1.29 is 0 Å². The Morgan fingerprint density at radius 2 is 1.00 bits per heavy atom. The number of aromatic nitrogens is 2. The van der Waals surface area contributed by atoms with Gasteiger partial charge in [-0.1, -0.05) is 0 Å². The minimum absolute atomic E-state index is 1.000. The molecule has 2 nitrogen and oxygen atoms in total. The maximum atomic E-state index is 3.68. The molecule has 4 radical (unpaired) electrons. The van der Waals surface area contributed by atoms with Gasteiger partial charge in [-0.3, -0.25) is 0 Å². The molecule has 0 unspecified atom stereocenters. The molecule has 0 fully saturated rings. The van der Waals surface area contributed by atoms with Crippen LogP contribution in [0.3, 0.4) is 0 Å². The number of hydrogen-bond acceptors (Lipinski definition) is 2. The summed E-state index contributed by atoms with van der Waals surface area (Å²) in [6, 6.07) is 7.14. The van der Waals surface area contributed by atoms with E-state index in [9.17, 15) is 0 Å². The Bertz CT molecular complexity index is 305. The van der Waals surface area contributed by atoms with Gasteiger partial charge in [-0.25, -0.2) is 9.97 Å². The van der Waals surface area contributed by atoms with Gasteiger partial charge in [-0.2, -0.15) is 0 Å². The quantitative estimate of drug-likeness (QED) is 0.616. The zero-order valence-electron chi connectivity index (χ0n) is 6.20. The lowest BCUT2D eigenvalue weighted by atomic mass is 10.1. The van der Waals surface area contributed by atoms with E-state index in [4.69, 9.17) is 0 Å². The lowest BCUT2D eigenvalue weighted by molar-refractivity contribution is 1.28. The van der Waals surface area contributed by atoms with Crippen molar-refractivity contribution >= 4 is 0 Å². The molecule has 2 heteroatoms. The summed E-state index contributed by atoms with van der Waals surface area (Å²) < 4.78 is 0. The lowest BCUT2D eigenvalue weighted by Gasteiger charge is -1.96. The highest BCUT2D eigenvalue weighted by Gasteiger charge is 1.94. The van der Waals surface area contributed by atoms with Gasteiger partial charge in [-0.15, -0.1) is 0 Å². The van der Waals surface area contributed by atoms with Gasteiger partial charge < -0.3 is 0 Å². The molecule has 2 heterocycles. The third-order valence-electron chi connectivity index (χ3n) is 1.47. The van der Waals surface area contributed by atoms with E-state index in [0.29, 0.717) is 0 Å². The summed E-state index contributed by atoms with van der Waals surface area (Å²) in [5, 5.41) is 0. The van der Waals surface area contributed by atoms with Crippen molar-refractivity contribution in [1.29, 1.82) is 0 Å². The Labute approximate surface area is 70.9 Å². The van der Waals surface area contributed by atoms with E-state index in [0.717, 1.165) is 11.1 Å². The molecule has 0 aliphatic rings. The third-order valence-corrected chi connectivity index (χ3v) is 1.47. The minimum atomic E-state index is 1.000. The summed E-state index contributed by atoms with van der Waals surface area (Å²) in [5.41, 5.74) is 2.00. The van der Waals surface area contributed by atoms with E-state index < -0.39 is 0 Å². The molecule has 0 bridgehead atoms. The molecule has 2 rings (SSSR count). The summed E-state index contributed by atoms with van der Waals surface area (Å²) in [6.07, 6.45) is 10.8. The van der Waals surface area contributed by atoms with E-state index in [1.165, 1.54) is 0 Å². The van der Waals surface area contributed by atoms with Crippen molar-refractivity contribution in [2.75, 3.05) is 0 Å². The Kier molecular flexibility index (Phi) is 1.82. The fraction of sp³-hybridized carbons (Fsp3) is 0. The first-order chi connectivity index (χ1) is 5.97. The van der Waals surface area contributed by atoms with Gasteiger partial charge in [0.2, 0.25) is 0 Å². The van der Waals surface area contributed by atoms with E-state index in [-0.39, 0.29) is 0 Å². The molecule has 2 aromatic rings. The van der Waals surface area contributed by atoms with Crippen LogP contribution in [0.4, 0.5) is 0 Å². The Hall–Kier alpha value is -1.70. The van der Waals surface area contributed by atoms with Crippen LogP contribution in [0.2, 0.25) is 0 Å². The highest BCUT2D eigenvalue weighted by atomic mass is 14.6. The molecule has 0 amide bonds. The van der Waals surface area contributed by atoms with Gasteiger partial charge in [0.25, 0.3) is 0 Å². The number of nitrogens with zero attached hydrogens (tertiary/aromatic N) is 2. The van der Waals surface area contributed by atoms with Crippen LogP contribution in [0.1, 0.15) is 0 Å². The predicted molar refractivity (Wildman–Crippen MR) is 42.8 cm³/mol. The molecule has 0 aliphatic carbocycles. The number of pyridine rings is 2. The average Bonchev–Trinajstić information content (AvgIpc) is 2.21. The van der Waals surface area contributed by atoms with E-state index in [1.54, 1.807) is 24.3 Å².